The fourth-order valence-electron chi connectivity index (χ4n) is 2.81. The Labute approximate surface area is 175 Å². The molecule has 0 aliphatic carbocycles. The maximum Gasteiger partial charge on any atom is 0.262 e. The van der Waals surface area contributed by atoms with E-state index in [1.165, 1.54) is 6.07 Å². The minimum Gasteiger partial charge on any atom is -0.326 e. The van der Waals surface area contributed by atoms with Crippen LogP contribution in [0.3, 0.4) is 0 Å². The van der Waals surface area contributed by atoms with Gasteiger partial charge in [-0.2, -0.15) is 0 Å². The van der Waals surface area contributed by atoms with Crippen LogP contribution in [-0.4, -0.2) is 14.3 Å². The number of benzene rings is 3. The summed E-state index contributed by atoms with van der Waals surface area (Å²) >= 11 is 6.06. The molecule has 0 saturated carbocycles. The van der Waals surface area contributed by atoms with Gasteiger partial charge in [0.15, 0.2) is 0 Å². The Kier molecular flexibility index (Phi) is 6.25. The second-order valence-corrected chi connectivity index (χ2v) is 8.83. The fourth-order valence-corrected chi connectivity index (χ4v) is 4.40. The quantitative estimate of drug-likeness (QED) is 0.584. The van der Waals surface area contributed by atoms with Crippen LogP contribution in [0, 0.1) is 13.8 Å². The van der Waals surface area contributed by atoms with Gasteiger partial charge in [0.25, 0.3) is 10.0 Å². The molecule has 0 aromatic heterocycles. The van der Waals surface area contributed by atoms with Crippen molar-refractivity contribution in [3.8, 4) is 0 Å². The maximum atomic E-state index is 12.9. The lowest BCUT2D eigenvalue weighted by Crippen LogP contribution is -2.17. The van der Waals surface area contributed by atoms with Gasteiger partial charge in [-0.05, 0) is 49.2 Å². The first-order valence-electron chi connectivity index (χ1n) is 8.98. The van der Waals surface area contributed by atoms with Crippen molar-refractivity contribution in [2.24, 2.45) is 0 Å². The highest BCUT2D eigenvalue weighted by Crippen LogP contribution is 2.27. The molecule has 5 nitrogen and oxygen atoms in total. The van der Waals surface area contributed by atoms with Gasteiger partial charge in [-0.25, -0.2) is 8.42 Å². The third-order valence-corrected chi connectivity index (χ3v) is 6.20. The van der Waals surface area contributed by atoms with E-state index in [9.17, 15) is 13.2 Å². The number of hydrogen-bond acceptors (Lipinski definition) is 3. The number of para-hydroxylation sites is 1. The molecule has 3 rings (SSSR count). The summed E-state index contributed by atoms with van der Waals surface area (Å²) in [7, 11) is -3.87. The van der Waals surface area contributed by atoms with E-state index in [4.69, 9.17) is 11.6 Å². The summed E-state index contributed by atoms with van der Waals surface area (Å²) in [6.07, 6.45) is 0.202. The Morgan fingerprint density at radius 3 is 2.34 bits per heavy atom. The molecule has 3 aromatic carbocycles. The van der Waals surface area contributed by atoms with Gasteiger partial charge in [0.2, 0.25) is 5.91 Å². The highest BCUT2D eigenvalue weighted by atomic mass is 35.5. The number of nitrogens with one attached hydrogen (secondary N) is 2. The van der Waals surface area contributed by atoms with Crippen molar-refractivity contribution in [1.29, 1.82) is 0 Å². The smallest absolute Gasteiger partial charge is 0.262 e. The van der Waals surface area contributed by atoms with Crippen LogP contribution in [0.15, 0.2) is 71.6 Å². The summed E-state index contributed by atoms with van der Waals surface area (Å²) in [5.74, 6) is -0.222. The molecule has 0 bridgehead atoms. The Balaban J connectivity index is 1.79. The van der Waals surface area contributed by atoms with E-state index in [0.29, 0.717) is 22.0 Å². The molecule has 150 valence electrons. The standard InChI is InChI=1S/C22H21ClN2O3S/c1-15-7-10-17(11-8-15)13-22(26)24-18-12-9-16(2)21(14-18)29(27,28)25-20-6-4-3-5-19(20)23/h3-12,14,25H,13H2,1-2H3,(H,24,26). The average Bonchev–Trinajstić information content (AvgIpc) is 2.67. The lowest BCUT2D eigenvalue weighted by Gasteiger charge is -2.13. The van der Waals surface area contributed by atoms with Gasteiger partial charge < -0.3 is 5.32 Å². The van der Waals surface area contributed by atoms with Gasteiger partial charge >= 0.3 is 0 Å². The summed E-state index contributed by atoms with van der Waals surface area (Å²) in [5.41, 5.74) is 3.26. The topological polar surface area (TPSA) is 75.3 Å². The number of halogens is 1. The predicted molar refractivity (Wildman–Crippen MR) is 117 cm³/mol. The van der Waals surface area contributed by atoms with E-state index in [2.05, 4.69) is 10.0 Å². The van der Waals surface area contributed by atoms with Crippen LogP contribution in [0.25, 0.3) is 0 Å². The number of rotatable bonds is 6. The van der Waals surface area contributed by atoms with Crippen LogP contribution in [0.4, 0.5) is 11.4 Å². The second kappa shape index (κ2) is 8.68. The number of hydrogen-bond donors (Lipinski definition) is 2. The van der Waals surface area contributed by atoms with Gasteiger partial charge in [-0.15, -0.1) is 0 Å². The van der Waals surface area contributed by atoms with Crippen molar-refractivity contribution >= 4 is 38.9 Å². The van der Waals surface area contributed by atoms with Crippen LogP contribution in [0.2, 0.25) is 5.02 Å². The molecule has 7 heteroatoms. The highest BCUT2D eigenvalue weighted by molar-refractivity contribution is 7.92. The predicted octanol–water partition coefficient (Wildman–Crippen LogP) is 4.94. The first-order chi connectivity index (χ1) is 13.7. The normalized spacial score (nSPS) is 11.1. The zero-order valence-electron chi connectivity index (χ0n) is 16.1. The Morgan fingerprint density at radius 1 is 0.966 bits per heavy atom. The number of sulfonamides is 1. The molecule has 0 fully saturated rings. The Hall–Kier alpha value is -2.83. The molecule has 0 spiro atoms. The number of aryl methyl sites for hydroxylation is 2. The lowest BCUT2D eigenvalue weighted by molar-refractivity contribution is -0.115. The molecule has 2 N–H and O–H groups in total. The molecule has 0 atom stereocenters. The van der Waals surface area contributed by atoms with Crippen LogP contribution in [0.5, 0.6) is 0 Å². The Bertz CT molecular complexity index is 1140. The van der Waals surface area contributed by atoms with E-state index in [1.54, 1.807) is 43.3 Å². The first kappa shape index (κ1) is 20.9. The highest BCUT2D eigenvalue weighted by Gasteiger charge is 2.19. The van der Waals surface area contributed by atoms with Gasteiger partial charge in [-0.1, -0.05) is 59.6 Å². The van der Waals surface area contributed by atoms with E-state index < -0.39 is 10.0 Å². The monoisotopic (exact) mass is 428 g/mol. The summed E-state index contributed by atoms with van der Waals surface area (Å²) in [6.45, 7) is 3.67. The Morgan fingerprint density at radius 2 is 1.66 bits per heavy atom. The van der Waals surface area contributed by atoms with Crippen molar-refractivity contribution in [3.05, 3.63) is 88.4 Å². The number of carbonyl (C=O) groups excluding carboxylic acids is 1. The fraction of sp³-hybridized carbons (Fsp3) is 0.136. The van der Waals surface area contributed by atoms with Gasteiger partial charge in [0.1, 0.15) is 0 Å². The third kappa shape index (κ3) is 5.37. The molecule has 1 amide bonds. The number of amides is 1. The van der Waals surface area contributed by atoms with Gasteiger partial charge in [0, 0.05) is 5.69 Å². The van der Waals surface area contributed by atoms with Crippen LogP contribution >= 0.6 is 11.6 Å². The van der Waals surface area contributed by atoms with Crippen molar-refractivity contribution < 1.29 is 13.2 Å². The molecule has 0 aliphatic heterocycles. The molecule has 0 aliphatic rings. The summed E-state index contributed by atoms with van der Waals surface area (Å²) in [4.78, 5) is 12.4. The third-order valence-electron chi connectivity index (χ3n) is 4.36. The van der Waals surface area contributed by atoms with E-state index in [1.807, 2.05) is 31.2 Å². The summed E-state index contributed by atoms with van der Waals surface area (Å²) in [5, 5.41) is 3.06. The van der Waals surface area contributed by atoms with Crippen LogP contribution < -0.4 is 10.0 Å². The van der Waals surface area contributed by atoms with Crippen LogP contribution in [-0.2, 0) is 21.2 Å². The average molecular weight is 429 g/mol. The van der Waals surface area contributed by atoms with Crippen molar-refractivity contribution in [3.63, 3.8) is 0 Å². The molecular formula is C22H21ClN2O3S. The molecule has 0 radical (unpaired) electrons. The van der Waals surface area contributed by atoms with E-state index >= 15 is 0 Å². The first-order valence-corrected chi connectivity index (χ1v) is 10.8. The van der Waals surface area contributed by atoms with Crippen molar-refractivity contribution in [2.45, 2.75) is 25.2 Å². The molecular weight excluding hydrogens is 408 g/mol. The zero-order chi connectivity index (χ0) is 21.0. The molecule has 29 heavy (non-hydrogen) atoms. The van der Waals surface area contributed by atoms with Crippen LogP contribution in [0.1, 0.15) is 16.7 Å². The molecule has 0 heterocycles. The zero-order valence-corrected chi connectivity index (χ0v) is 17.6. The largest absolute Gasteiger partial charge is 0.326 e. The van der Waals surface area contributed by atoms with Gasteiger partial charge in [-0.3, -0.25) is 9.52 Å². The summed E-state index contributed by atoms with van der Waals surface area (Å²) in [6, 6.07) is 19.1. The number of carbonyl (C=O) groups is 1. The van der Waals surface area contributed by atoms with Crippen molar-refractivity contribution in [1.82, 2.24) is 0 Å². The minimum atomic E-state index is -3.87. The molecule has 0 saturated heterocycles. The SMILES string of the molecule is Cc1ccc(CC(=O)Nc2ccc(C)c(S(=O)(=O)Nc3ccccc3Cl)c2)cc1. The van der Waals surface area contributed by atoms with E-state index in [0.717, 1.165) is 11.1 Å². The summed E-state index contributed by atoms with van der Waals surface area (Å²) < 4.78 is 28.2. The number of anilines is 2. The van der Waals surface area contributed by atoms with Gasteiger partial charge in [0.05, 0.1) is 22.0 Å². The second-order valence-electron chi connectivity index (χ2n) is 6.78. The molecule has 0 unspecified atom stereocenters. The molecule has 3 aromatic rings. The lowest BCUT2D eigenvalue weighted by atomic mass is 10.1. The minimum absolute atomic E-state index is 0.0746. The van der Waals surface area contributed by atoms with E-state index in [-0.39, 0.29) is 17.2 Å². The van der Waals surface area contributed by atoms with Crippen molar-refractivity contribution in [2.75, 3.05) is 10.0 Å². The maximum absolute atomic E-state index is 12.9.